The summed E-state index contributed by atoms with van der Waals surface area (Å²) in [6.07, 6.45) is 2.14. The molecule has 0 spiro atoms. The van der Waals surface area contributed by atoms with E-state index in [4.69, 9.17) is 0 Å². The number of benzene rings is 1. The van der Waals surface area contributed by atoms with Crippen molar-refractivity contribution in [1.82, 2.24) is 4.98 Å². The smallest absolute Gasteiger partial charge is 0.0719 e. The molecule has 0 unspecified atom stereocenters. The summed E-state index contributed by atoms with van der Waals surface area (Å²) in [5.41, 5.74) is 5.14. The molecule has 0 atom stereocenters. The summed E-state index contributed by atoms with van der Waals surface area (Å²) in [6, 6.07) is 6.36. The van der Waals surface area contributed by atoms with Crippen LogP contribution in [0.5, 0.6) is 0 Å². The van der Waals surface area contributed by atoms with Gasteiger partial charge in [0, 0.05) is 15.6 Å². The maximum absolute atomic E-state index is 4.69. The largest absolute Gasteiger partial charge is 0.253 e. The van der Waals surface area contributed by atoms with Gasteiger partial charge in [0.15, 0.2) is 0 Å². The molecule has 0 radical (unpaired) electrons. The summed E-state index contributed by atoms with van der Waals surface area (Å²) in [5.74, 6) is 0. The number of halogens is 1. The molecule has 1 aromatic carbocycles. The number of pyridine rings is 1. The molecule has 84 valence electrons. The molecule has 0 aliphatic heterocycles. The molecule has 1 heterocycles. The Bertz CT molecular complexity index is 532. The van der Waals surface area contributed by atoms with Gasteiger partial charge < -0.3 is 0 Å². The topological polar surface area (TPSA) is 12.9 Å². The van der Waals surface area contributed by atoms with Gasteiger partial charge in [-0.2, -0.15) is 0 Å². The monoisotopic (exact) mass is 277 g/mol. The molecule has 0 aliphatic carbocycles. The van der Waals surface area contributed by atoms with Gasteiger partial charge in [0.05, 0.1) is 5.52 Å². The van der Waals surface area contributed by atoms with Crippen LogP contribution in [0.3, 0.4) is 0 Å². The molecular formula is C14H16BrN. The van der Waals surface area contributed by atoms with Crippen molar-refractivity contribution in [3.8, 4) is 0 Å². The van der Waals surface area contributed by atoms with Crippen LogP contribution in [0.4, 0.5) is 0 Å². The Morgan fingerprint density at radius 2 is 1.81 bits per heavy atom. The summed E-state index contributed by atoms with van der Waals surface area (Å²) < 4.78 is 1.10. The van der Waals surface area contributed by atoms with Crippen molar-refractivity contribution >= 4 is 26.8 Å². The number of hydrogen-bond donors (Lipinski definition) is 0. The van der Waals surface area contributed by atoms with Crippen LogP contribution in [0.25, 0.3) is 10.9 Å². The lowest BCUT2D eigenvalue weighted by Crippen LogP contribution is -1.99. The van der Waals surface area contributed by atoms with Gasteiger partial charge in [0.1, 0.15) is 0 Å². The molecule has 2 heteroatoms. The SMILES string of the molecule is CCc1c(C)nc2cc(Br)ccc2c1CC. The van der Waals surface area contributed by atoms with Gasteiger partial charge in [-0.25, -0.2) is 0 Å². The third-order valence-electron chi connectivity index (χ3n) is 3.08. The molecule has 0 N–H and O–H groups in total. The van der Waals surface area contributed by atoms with Crippen LogP contribution in [0.15, 0.2) is 22.7 Å². The third-order valence-corrected chi connectivity index (χ3v) is 3.57. The van der Waals surface area contributed by atoms with Crippen LogP contribution in [0.2, 0.25) is 0 Å². The van der Waals surface area contributed by atoms with E-state index in [1.807, 2.05) is 0 Å². The maximum Gasteiger partial charge on any atom is 0.0719 e. The van der Waals surface area contributed by atoms with Crippen molar-refractivity contribution in [1.29, 1.82) is 0 Å². The molecule has 1 nitrogen and oxygen atoms in total. The standard InChI is InChI=1S/C14H16BrN/c1-4-11-9(3)16-14-8-10(15)6-7-13(14)12(11)5-2/h6-8H,4-5H2,1-3H3. The molecule has 2 rings (SSSR count). The molecule has 0 bridgehead atoms. The fourth-order valence-electron chi connectivity index (χ4n) is 2.35. The van der Waals surface area contributed by atoms with Crippen molar-refractivity contribution in [2.45, 2.75) is 33.6 Å². The van der Waals surface area contributed by atoms with Crippen molar-refractivity contribution in [2.75, 3.05) is 0 Å². The van der Waals surface area contributed by atoms with Crippen molar-refractivity contribution in [3.63, 3.8) is 0 Å². The lowest BCUT2D eigenvalue weighted by molar-refractivity contribution is 1.00. The van der Waals surface area contributed by atoms with E-state index in [1.165, 1.54) is 22.2 Å². The number of aryl methyl sites for hydroxylation is 2. The normalized spacial score (nSPS) is 11.0. The number of rotatable bonds is 2. The summed E-state index contributed by atoms with van der Waals surface area (Å²) in [4.78, 5) is 4.69. The Morgan fingerprint density at radius 3 is 2.44 bits per heavy atom. The van der Waals surface area contributed by atoms with E-state index in [2.05, 4.69) is 59.9 Å². The quantitative estimate of drug-likeness (QED) is 0.791. The van der Waals surface area contributed by atoms with E-state index in [1.54, 1.807) is 0 Å². The summed E-state index contributed by atoms with van der Waals surface area (Å²) in [7, 11) is 0. The van der Waals surface area contributed by atoms with Crippen LogP contribution < -0.4 is 0 Å². The lowest BCUT2D eigenvalue weighted by Gasteiger charge is -2.13. The van der Waals surface area contributed by atoms with Crippen LogP contribution in [0.1, 0.15) is 30.7 Å². The Labute approximate surface area is 105 Å². The third kappa shape index (κ3) is 1.86. The van der Waals surface area contributed by atoms with Gasteiger partial charge in [-0.05, 0) is 43.0 Å². The second-order valence-electron chi connectivity index (χ2n) is 4.02. The van der Waals surface area contributed by atoms with Crippen LogP contribution in [-0.2, 0) is 12.8 Å². The average Bonchev–Trinajstić information content (AvgIpc) is 2.26. The second-order valence-corrected chi connectivity index (χ2v) is 4.94. The highest BCUT2D eigenvalue weighted by Crippen LogP contribution is 2.26. The first-order chi connectivity index (χ1) is 7.67. The molecule has 0 fully saturated rings. The zero-order valence-electron chi connectivity index (χ0n) is 9.97. The molecule has 1 aromatic heterocycles. The average molecular weight is 278 g/mol. The van der Waals surface area contributed by atoms with Crippen LogP contribution in [0, 0.1) is 6.92 Å². The first kappa shape index (κ1) is 11.6. The fourth-order valence-corrected chi connectivity index (χ4v) is 2.70. The molecule has 0 saturated heterocycles. The van der Waals surface area contributed by atoms with E-state index in [9.17, 15) is 0 Å². The van der Waals surface area contributed by atoms with Crippen LogP contribution >= 0.6 is 15.9 Å². The van der Waals surface area contributed by atoms with Gasteiger partial charge in [0.25, 0.3) is 0 Å². The number of aromatic nitrogens is 1. The molecule has 0 amide bonds. The number of fused-ring (bicyclic) bond motifs is 1. The minimum atomic E-state index is 1.06. The van der Waals surface area contributed by atoms with Gasteiger partial charge in [-0.3, -0.25) is 4.98 Å². The van der Waals surface area contributed by atoms with Crippen molar-refractivity contribution in [3.05, 3.63) is 39.5 Å². The van der Waals surface area contributed by atoms with Crippen LogP contribution in [-0.4, -0.2) is 4.98 Å². The van der Waals surface area contributed by atoms with Crippen molar-refractivity contribution in [2.24, 2.45) is 0 Å². The molecule has 0 saturated carbocycles. The van der Waals surface area contributed by atoms with E-state index in [0.717, 1.165) is 22.8 Å². The Morgan fingerprint density at radius 1 is 1.12 bits per heavy atom. The molecule has 0 aliphatic rings. The zero-order valence-corrected chi connectivity index (χ0v) is 11.6. The Kier molecular flexibility index (Phi) is 3.29. The highest BCUT2D eigenvalue weighted by Gasteiger charge is 2.09. The summed E-state index contributed by atoms with van der Waals surface area (Å²) in [5, 5.41) is 1.30. The Balaban J connectivity index is 2.84. The maximum atomic E-state index is 4.69. The first-order valence-electron chi connectivity index (χ1n) is 5.75. The van der Waals surface area contributed by atoms with E-state index >= 15 is 0 Å². The first-order valence-corrected chi connectivity index (χ1v) is 6.54. The predicted molar refractivity (Wildman–Crippen MR) is 72.9 cm³/mol. The van der Waals surface area contributed by atoms with Gasteiger partial charge >= 0.3 is 0 Å². The van der Waals surface area contributed by atoms with E-state index in [0.29, 0.717) is 0 Å². The van der Waals surface area contributed by atoms with E-state index in [-0.39, 0.29) is 0 Å². The second kappa shape index (κ2) is 4.54. The van der Waals surface area contributed by atoms with Gasteiger partial charge in [0.2, 0.25) is 0 Å². The minimum Gasteiger partial charge on any atom is -0.253 e. The highest BCUT2D eigenvalue weighted by atomic mass is 79.9. The minimum absolute atomic E-state index is 1.06. The van der Waals surface area contributed by atoms with Gasteiger partial charge in [-0.1, -0.05) is 35.8 Å². The highest BCUT2D eigenvalue weighted by molar-refractivity contribution is 9.10. The fraction of sp³-hybridized carbons (Fsp3) is 0.357. The van der Waals surface area contributed by atoms with E-state index < -0.39 is 0 Å². The van der Waals surface area contributed by atoms with Crippen molar-refractivity contribution < 1.29 is 0 Å². The van der Waals surface area contributed by atoms with Gasteiger partial charge in [-0.15, -0.1) is 0 Å². The lowest BCUT2D eigenvalue weighted by atomic mass is 9.97. The number of nitrogens with zero attached hydrogens (tertiary/aromatic N) is 1. The molecule has 2 aromatic rings. The molecule has 16 heavy (non-hydrogen) atoms. The predicted octanol–water partition coefficient (Wildman–Crippen LogP) is 4.43. The zero-order chi connectivity index (χ0) is 11.7. The summed E-state index contributed by atoms with van der Waals surface area (Å²) in [6.45, 7) is 6.53. The molecular weight excluding hydrogens is 262 g/mol. The number of hydrogen-bond acceptors (Lipinski definition) is 1. The Hall–Kier alpha value is -0.890. The summed E-state index contributed by atoms with van der Waals surface area (Å²) >= 11 is 3.50.